The van der Waals surface area contributed by atoms with E-state index in [1.165, 1.54) is 11.1 Å². The number of phenolic OH excluding ortho intramolecular Hbond substituents is 1. The minimum Gasteiger partial charge on any atom is -0.507 e. The summed E-state index contributed by atoms with van der Waals surface area (Å²) in [4.78, 5) is 18.4. The van der Waals surface area contributed by atoms with E-state index in [0.717, 1.165) is 100 Å². The van der Waals surface area contributed by atoms with Crippen LogP contribution in [0.25, 0.3) is 0 Å². The van der Waals surface area contributed by atoms with Crippen LogP contribution >= 0.6 is 0 Å². The molecule has 0 heterocycles. The third-order valence-electron chi connectivity index (χ3n) is 10.7. The van der Waals surface area contributed by atoms with Gasteiger partial charge in [-0.05, 0) is 132 Å². The predicted octanol–water partition coefficient (Wildman–Crippen LogP) is 5.66. The molecule has 1 saturated carbocycles. The Morgan fingerprint density at radius 2 is 1.48 bits per heavy atom. The number of nitrogens with zero attached hydrogens (tertiary/aromatic N) is 1. The van der Waals surface area contributed by atoms with Crippen molar-refractivity contribution in [1.82, 2.24) is 5.32 Å². The molecule has 3 rings (SSSR count). The van der Waals surface area contributed by atoms with Crippen molar-refractivity contribution in [2.24, 2.45) is 39.3 Å². The van der Waals surface area contributed by atoms with Gasteiger partial charge in [0.05, 0.1) is 6.04 Å². The molecule has 2 aliphatic rings. The van der Waals surface area contributed by atoms with Crippen LogP contribution in [0.2, 0.25) is 0 Å². The Bertz CT molecular complexity index is 1210. The number of aryl methyl sites for hydroxylation is 1. The molecule has 0 aromatic heterocycles. The highest BCUT2D eigenvalue weighted by Gasteiger charge is 2.34. The highest BCUT2D eigenvalue weighted by atomic mass is 16.3. The fourth-order valence-electron chi connectivity index (χ4n) is 7.50. The zero-order valence-corrected chi connectivity index (χ0v) is 29.3. The van der Waals surface area contributed by atoms with Crippen molar-refractivity contribution in [2.75, 3.05) is 26.2 Å². The Hall–Kier alpha value is -2.52. The number of aromatic hydroxyl groups is 1. The molecule has 1 unspecified atom stereocenters. The summed E-state index contributed by atoms with van der Waals surface area (Å²) in [5, 5.41) is 14.7. The number of phenols is 1. The molecular weight excluding hydrogens is 572 g/mol. The summed E-state index contributed by atoms with van der Waals surface area (Å²) in [7, 11) is 0. The highest BCUT2D eigenvalue weighted by molar-refractivity contribution is 6.01. The van der Waals surface area contributed by atoms with Crippen LogP contribution in [0.3, 0.4) is 0 Å². The van der Waals surface area contributed by atoms with Crippen LogP contribution in [0.4, 0.5) is 0 Å². The van der Waals surface area contributed by atoms with E-state index < -0.39 is 0 Å². The standard InChI is InChI=1S/C38H64N6O2/c1-27-21-31(37(3,13-7-17-39)14-8-18-40)23-29(35(27)45)25-43-33-11-5-6-12-34(33)44-26-30-24-32(22-28(2)36(30)46)38(4,15-9-19-41)16-10-20-42/h21,23-26,28,33-34,44-45H,5-20,22,39-42H2,1-4H3/t28?,33-,34-/m1/s1. The molecule has 8 heteroatoms. The van der Waals surface area contributed by atoms with Crippen LogP contribution < -0.4 is 28.3 Å². The van der Waals surface area contributed by atoms with Gasteiger partial charge in [0, 0.05) is 35.5 Å². The molecule has 258 valence electrons. The molecule has 1 aromatic rings. The van der Waals surface area contributed by atoms with Gasteiger partial charge in [0.2, 0.25) is 0 Å². The topological polar surface area (TPSA) is 166 Å². The van der Waals surface area contributed by atoms with Gasteiger partial charge in [0.1, 0.15) is 5.75 Å². The van der Waals surface area contributed by atoms with E-state index in [1.807, 2.05) is 26.3 Å². The number of carbonyl (C=O) groups excluding carboxylic acids is 1. The van der Waals surface area contributed by atoms with Crippen LogP contribution in [0.15, 0.2) is 40.5 Å². The minimum atomic E-state index is -0.0678. The van der Waals surface area contributed by atoms with Gasteiger partial charge >= 0.3 is 0 Å². The first-order chi connectivity index (χ1) is 22.0. The van der Waals surface area contributed by atoms with E-state index in [-0.39, 0.29) is 40.4 Å². The average Bonchev–Trinajstić information content (AvgIpc) is 3.05. The molecule has 8 nitrogen and oxygen atoms in total. The Morgan fingerprint density at radius 1 is 0.913 bits per heavy atom. The van der Waals surface area contributed by atoms with E-state index >= 15 is 0 Å². The van der Waals surface area contributed by atoms with Crippen LogP contribution in [-0.4, -0.2) is 55.4 Å². The quantitative estimate of drug-likeness (QED) is 0.0893. The molecular formula is C38H64N6O2. The molecule has 0 aliphatic heterocycles. The second-order valence-electron chi connectivity index (χ2n) is 14.6. The molecule has 0 radical (unpaired) electrons. The lowest BCUT2D eigenvalue weighted by molar-refractivity contribution is -0.118. The lowest BCUT2D eigenvalue weighted by Gasteiger charge is -2.37. The fourth-order valence-corrected chi connectivity index (χ4v) is 7.50. The summed E-state index contributed by atoms with van der Waals surface area (Å²) in [5.41, 5.74) is 28.4. The number of aliphatic imine (C=N–C) groups is 1. The maximum absolute atomic E-state index is 13.3. The first-order valence-corrected chi connectivity index (χ1v) is 17.9. The van der Waals surface area contributed by atoms with Gasteiger partial charge in [-0.25, -0.2) is 0 Å². The fraction of sp³-hybridized carbons (Fsp3) is 0.684. The second kappa shape index (κ2) is 18.1. The number of benzene rings is 1. The third kappa shape index (κ3) is 9.99. The number of hydrogen-bond donors (Lipinski definition) is 6. The van der Waals surface area contributed by atoms with Crippen molar-refractivity contribution in [2.45, 2.75) is 129 Å². The molecule has 10 N–H and O–H groups in total. The first-order valence-electron chi connectivity index (χ1n) is 17.9. The number of nitrogens with two attached hydrogens (primary N) is 4. The number of rotatable bonds is 18. The largest absolute Gasteiger partial charge is 0.507 e. The lowest BCUT2D eigenvalue weighted by atomic mass is 9.68. The zero-order chi connectivity index (χ0) is 33.7. The molecule has 0 saturated heterocycles. The maximum atomic E-state index is 13.3. The molecule has 46 heavy (non-hydrogen) atoms. The van der Waals surface area contributed by atoms with Gasteiger partial charge < -0.3 is 33.4 Å². The van der Waals surface area contributed by atoms with Gasteiger partial charge in [-0.15, -0.1) is 0 Å². The SMILES string of the molecule is Cc1cc(C(C)(CCCN)CCCN)cc(C=N[C@@H]2CCCC[C@H]2NC=C2C=C(C(C)(CCCN)CCCN)CC(C)C2=O)c1O. The second-order valence-corrected chi connectivity index (χ2v) is 14.6. The van der Waals surface area contributed by atoms with Crippen molar-refractivity contribution >= 4 is 12.0 Å². The molecule has 1 fully saturated rings. The summed E-state index contributed by atoms with van der Waals surface area (Å²) < 4.78 is 0. The van der Waals surface area contributed by atoms with Crippen molar-refractivity contribution < 1.29 is 9.90 Å². The Balaban J connectivity index is 1.87. The summed E-state index contributed by atoms with van der Waals surface area (Å²) in [5.74, 6) is 0.417. The van der Waals surface area contributed by atoms with E-state index in [9.17, 15) is 9.90 Å². The Kier molecular flexibility index (Phi) is 15.0. The first kappa shape index (κ1) is 37.9. The smallest absolute Gasteiger partial charge is 0.167 e. The minimum absolute atomic E-state index is 0.0101. The molecule has 1 aromatic carbocycles. The summed E-state index contributed by atoms with van der Waals surface area (Å²) in [6, 6.07) is 4.38. The maximum Gasteiger partial charge on any atom is 0.167 e. The third-order valence-corrected chi connectivity index (χ3v) is 10.7. The number of hydrogen-bond acceptors (Lipinski definition) is 8. The van der Waals surface area contributed by atoms with Gasteiger partial charge in [0.25, 0.3) is 0 Å². The van der Waals surface area contributed by atoms with Gasteiger partial charge in [0.15, 0.2) is 5.78 Å². The molecule has 3 atom stereocenters. The van der Waals surface area contributed by atoms with Crippen molar-refractivity contribution in [3.8, 4) is 5.75 Å². The highest BCUT2D eigenvalue weighted by Crippen LogP contribution is 2.43. The lowest BCUT2D eigenvalue weighted by Crippen LogP contribution is -2.39. The molecule has 0 spiro atoms. The molecule has 0 bridgehead atoms. The summed E-state index contributed by atoms with van der Waals surface area (Å²) in [6.07, 6.45) is 18.7. The summed E-state index contributed by atoms with van der Waals surface area (Å²) >= 11 is 0. The van der Waals surface area contributed by atoms with Gasteiger partial charge in [-0.2, -0.15) is 0 Å². The number of Topliss-reactive ketones (excluding diaryl/α,β-unsaturated/α-hetero) is 1. The Morgan fingerprint density at radius 3 is 2.07 bits per heavy atom. The van der Waals surface area contributed by atoms with E-state index in [4.69, 9.17) is 27.9 Å². The van der Waals surface area contributed by atoms with Gasteiger partial charge in [-0.1, -0.05) is 51.3 Å². The normalized spacial score (nSPS) is 22.1. The number of carbonyl (C=O) groups is 1. The van der Waals surface area contributed by atoms with Crippen molar-refractivity contribution in [1.29, 1.82) is 0 Å². The van der Waals surface area contributed by atoms with Crippen LogP contribution in [0, 0.1) is 18.3 Å². The molecule has 0 amide bonds. The summed E-state index contributed by atoms with van der Waals surface area (Å²) in [6.45, 7) is 11.2. The average molecular weight is 637 g/mol. The number of nitrogens with one attached hydrogen (secondary N) is 1. The number of allylic oxidation sites excluding steroid dienone is 3. The van der Waals surface area contributed by atoms with Gasteiger partial charge in [-0.3, -0.25) is 9.79 Å². The van der Waals surface area contributed by atoms with Crippen LogP contribution in [0.5, 0.6) is 5.75 Å². The van der Waals surface area contributed by atoms with Crippen molar-refractivity contribution in [3.05, 3.63) is 52.2 Å². The molecule has 2 aliphatic carbocycles. The van der Waals surface area contributed by atoms with Crippen LogP contribution in [-0.2, 0) is 10.2 Å². The van der Waals surface area contributed by atoms with E-state index in [1.54, 1.807) is 0 Å². The predicted molar refractivity (Wildman–Crippen MR) is 193 cm³/mol. The van der Waals surface area contributed by atoms with E-state index in [0.29, 0.717) is 26.2 Å². The number of ketones is 1. The van der Waals surface area contributed by atoms with Crippen LogP contribution in [0.1, 0.15) is 121 Å². The van der Waals surface area contributed by atoms with E-state index in [2.05, 4.69) is 37.4 Å². The Labute approximate surface area is 278 Å². The monoisotopic (exact) mass is 637 g/mol. The zero-order valence-electron chi connectivity index (χ0n) is 29.3. The van der Waals surface area contributed by atoms with Crippen molar-refractivity contribution in [3.63, 3.8) is 0 Å².